The Kier molecular flexibility index (Phi) is 4.37. The Morgan fingerprint density at radius 1 is 1.38 bits per heavy atom. The molecule has 1 amide bonds. The van der Waals surface area contributed by atoms with Crippen molar-refractivity contribution in [1.82, 2.24) is 5.32 Å². The number of methoxy groups -OCH3 is 1. The van der Waals surface area contributed by atoms with Gasteiger partial charge in [-0.25, -0.2) is 8.42 Å². The molecular weight excluding hydrogens is 290 g/mol. The minimum absolute atomic E-state index is 0.00572. The summed E-state index contributed by atoms with van der Waals surface area (Å²) in [5, 5.41) is 2.77. The Morgan fingerprint density at radius 3 is 2.71 bits per heavy atom. The fourth-order valence-electron chi connectivity index (χ4n) is 2.42. The zero-order chi connectivity index (χ0) is 15.5. The first-order valence-electron chi connectivity index (χ1n) is 6.67. The number of sulfone groups is 1. The molecule has 0 aliphatic carbocycles. The maximum atomic E-state index is 12.0. The van der Waals surface area contributed by atoms with E-state index in [-0.39, 0.29) is 17.4 Å². The van der Waals surface area contributed by atoms with Gasteiger partial charge in [-0.05, 0) is 25.5 Å². The molecule has 1 heterocycles. The van der Waals surface area contributed by atoms with Crippen LogP contribution in [0.5, 0.6) is 5.75 Å². The summed E-state index contributed by atoms with van der Waals surface area (Å²) in [5.74, 6) is 0.491. The third kappa shape index (κ3) is 4.07. The van der Waals surface area contributed by atoms with E-state index in [9.17, 15) is 13.2 Å². The van der Waals surface area contributed by atoms with Crippen LogP contribution in [0.25, 0.3) is 6.08 Å². The van der Waals surface area contributed by atoms with Crippen molar-refractivity contribution in [2.45, 2.75) is 18.9 Å². The van der Waals surface area contributed by atoms with Gasteiger partial charge in [-0.15, -0.1) is 0 Å². The van der Waals surface area contributed by atoms with Crippen molar-refractivity contribution in [2.24, 2.45) is 0 Å². The van der Waals surface area contributed by atoms with Gasteiger partial charge >= 0.3 is 0 Å². The summed E-state index contributed by atoms with van der Waals surface area (Å²) in [5.41, 5.74) is 0.112. The van der Waals surface area contributed by atoms with E-state index in [4.69, 9.17) is 4.74 Å². The van der Waals surface area contributed by atoms with Crippen molar-refractivity contribution < 1.29 is 17.9 Å². The number of hydrogen-bond donors (Lipinski definition) is 1. The number of ether oxygens (including phenoxy) is 1. The van der Waals surface area contributed by atoms with E-state index < -0.39 is 15.4 Å². The van der Waals surface area contributed by atoms with Crippen molar-refractivity contribution in [3.05, 3.63) is 35.9 Å². The highest BCUT2D eigenvalue weighted by molar-refractivity contribution is 7.91. The van der Waals surface area contributed by atoms with Crippen molar-refractivity contribution in [1.29, 1.82) is 0 Å². The molecule has 1 aliphatic rings. The monoisotopic (exact) mass is 309 g/mol. The molecule has 2 rings (SSSR count). The average molecular weight is 309 g/mol. The molecule has 1 saturated heterocycles. The second kappa shape index (κ2) is 5.89. The average Bonchev–Trinajstić information content (AvgIpc) is 2.70. The number of para-hydroxylation sites is 1. The summed E-state index contributed by atoms with van der Waals surface area (Å²) in [4.78, 5) is 12.0. The molecule has 5 nitrogen and oxygen atoms in total. The van der Waals surface area contributed by atoms with E-state index in [1.165, 1.54) is 6.08 Å². The van der Waals surface area contributed by atoms with Gasteiger partial charge in [0.05, 0.1) is 24.2 Å². The van der Waals surface area contributed by atoms with Crippen molar-refractivity contribution in [3.8, 4) is 5.75 Å². The summed E-state index contributed by atoms with van der Waals surface area (Å²) < 4.78 is 28.2. The summed E-state index contributed by atoms with van der Waals surface area (Å²) in [7, 11) is -1.47. The molecular formula is C15H19NO4S. The van der Waals surface area contributed by atoms with Crippen LogP contribution in [-0.2, 0) is 14.6 Å². The molecule has 0 spiro atoms. The Hall–Kier alpha value is -1.82. The molecule has 1 aliphatic heterocycles. The van der Waals surface area contributed by atoms with E-state index in [0.29, 0.717) is 12.2 Å². The zero-order valence-corrected chi connectivity index (χ0v) is 12.9. The van der Waals surface area contributed by atoms with Crippen molar-refractivity contribution >= 4 is 21.8 Å². The molecule has 21 heavy (non-hydrogen) atoms. The highest BCUT2D eigenvalue weighted by Gasteiger charge is 2.39. The van der Waals surface area contributed by atoms with Crippen LogP contribution >= 0.6 is 0 Å². The van der Waals surface area contributed by atoms with Gasteiger partial charge in [-0.2, -0.15) is 0 Å². The van der Waals surface area contributed by atoms with Crippen LogP contribution in [0.2, 0.25) is 0 Å². The highest BCUT2D eigenvalue weighted by Crippen LogP contribution is 2.23. The van der Waals surface area contributed by atoms with E-state index in [0.717, 1.165) is 5.56 Å². The molecule has 6 heteroatoms. The minimum Gasteiger partial charge on any atom is -0.496 e. The fraction of sp³-hybridized carbons (Fsp3) is 0.400. The SMILES string of the molecule is COc1ccccc1/C=C/C(=O)NC1(C)CCS(=O)(=O)C1. The number of carbonyl (C=O) groups is 1. The number of benzene rings is 1. The lowest BCUT2D eigenvalue weighted by Gasteiger charge is -2.22. The third-order valence-corrected chi connectivity index (χ3v) is 5.38. The van der Waals surface area contributed by atoms with Crippen LogP contribution in [0.15, 0.2) is 30.3 Å². The van der Waals surface area contributed by atoms with Crippen LogP contribution in [-0.4, -0.2) is 38.5 Å². The number of rotatable bonds is 4. The molecule has 1 aromatic carbocycles. The largest absolute Gasteiger partial charge is 0.496 e. The fourth-order valence-corrected chi connectivity index (χ4v) is 4.51. The molecule has 0 bridgehead atoms. The Balaban J connectivity index is 2.04. The summed E-state index contributed by atoms with van der Waals surface area (Å²) >= 11 is 0. The van der Waals surface area contributed by atoms with Crippen molar-refractivity contribution in [3.63, 3.8) is 0 Å². The predicted octanol–water partition coefficient (Wildman–Crippen LogP) is 1.40. The van der Waals surface area contributed by atoms with Crippen LogP contribution in [0.1, 0.15) is 18.9 Å². The van der Waals surface area contributed by atoms with Crippen LogP contribution in [0, 0.1) is 0 Å². The van der Waals surface area contributed by atoms with Gasteiger partial charge in [0.25, 0.3) is 0 Å². The molecule has 114 valence electrons. The molecule has 0 aromatic heterocycles. The predicted molar refractivity (Wildman–Crippen MR) is 81.8 cm³/mol. The van der Waals surface area contributed by atoms with Gasteiger partial charge in [-0.1, -0.05) is 18.2 Å². The topological polar surface area (TPSA) is 72.5 Å². The van der Waals surface area contributed by atoms with Gasteiger partial charge in [0.1, 0.15) is 5.75 Å². The van der Waals surface area contributed by atoms with Crippen LogP contribution in [0.4, 0.5) is 0 Å². The smallest absolute Gasteiger partial charge is 0.244 e. The summed E-state index contributed by atoms with van der Waals surface area (Å²) in [6.07, 6.45) is 3.50. The van der Waals surface area contributed by atoms with Crippen LogP contribution < -0.4 is 10.1 Å². The van der Waals surface area contributed by atoms with E-state index in [1.54, 1.807) is 20.1 Å². The van der Waals surface area contributed by atoms with E-state index in [2.05, 4.69) is 5.32 Å². The lowest BCUT2D eigenvalue weighted by atomic mass is 10.0. The normalized spacial score (nSPS) is 24.1. The lowest BCUT2D eigenvalue weighted by molar-refractivity contribution is -0.117. The van der Waals surface area contributed by atoms with Gasteiger partial charge in [0.2, 0.25) is 5.91 Å². The highest BCUT2D eigenvalue weighted by atomic mass is 32.2. The summed E-state index contributed by atoms with van der Waals surface area (Å²) in [6, 6.07) is 7.35. The second-order valence-electron chi connectivity index (χ2n) is 5.47. The Labute approximate surface area is 124 Å². The molecule has 1 aromatic rings. The molecule has 1 atom stereocenters. The standard InChI is InChI=1S/C15H19NO4S/c1-15(9-10-21(18,19)11-15)16-14(17)8-7-12-5-3-4-6-13(12)20-2/h3-8H,9-11H2,1-2H3,(H,16,17)/b8-7+. The van der Waals surface area contributed by atoms with Gasteiger partial charge < -0.3 is 10.1 Å². The molecule has 0 saturated carbocycles. The second-order valence-corrected chi connectivity index (χ2v) is 7.65. The molecule has 0 radical (unpaired) electrons. The first kappa shape index (κ1) is 15.6. The van der Waals surface area contributed by atoms with Gasteiger partial charge in [0, 0.05) is 11.6 Å². The van der Waals surface area contributed by atoms with E-state index in [1.807, 2.05) is 24.3 Å². The lowest BCUT2D eigenvalue weighted by Crippen LogP contribution is -2.46. The quantitative estimate of drug-likeness (QED) is 0.853. The number of nitrogens with one attached hydrogen (secondary N) is 1. The Bertz CT molecular complexity index is 666. The minimum atomic E-state index is -3.04. The van der Waals surface area contributed by atoms with Gasteiger partial charge in [-0.3, -0.25) is 4.79 Å². The third-order valence-electron chi connectivity index (χ3n) is 3.48. The first-order valence-corrected chi connectivity index (χ1v) is 8.49. The van der Waals surface area contributed by atoms with E-state index >= 15 is 0 Å². The first-order chi connectivity index (χ1) is 9.84. The molecule has 1 unspecified atom stereocenters. The zero-order valence-electron chi connectivity index (χ0n) is 12.1. The van der Waals surface area contributed by atoms with Gasteiger partial charge in [0.15, 0.2) is 9.84 Å². The Morgan fingerprint density at radius 2 is 2.10 bits per heavy atom. The number of amides is 1. The van der Waals surface area contributed by atoms with Crippen molar-refractivity contribution in [2.75, 3.05) is 18.6 Å². The number of hydrogen-bond acceptors (Lipinski definition) is 4. The molecule has 1 fully saturated rings. The maximum Gasteiger partial charge on any atom is 0.244 e. The van der Waals surface area contributed by atoms with Crippen LogP contribution in [0.3, 0.4) is 0 Å². The molecule has 1 N–H and O–H groups in total. The summed E-state index contributed by atoms with van der Waals surface area (Å²) in [6.45, 7) is 1.76. The number of carbonyl (C=O) groups excluding carboxylic acids is 1. The maximum absolute atomic E-state index is 12.0.